The van der Waals surface area contributed by atoms with Crippen LogP contribution in [0.5, 0.6) is 0 Å². The first-order chi connectivity index (χ1) is 18.2. The van der Waals surface area contributed by atoms with Crippen molar-refractivity contribution in [3.8, 4) is 0 Å². The van der Waals surface area contributed by atoms with E-state index >= 15 is 4.39 Å². The Hall–Kier alpha value is -3.27. The number of carboxylic acid groups (broad SMARTS) is 1. The lowest BCUT2D eigenvalue weighted by Crippen LogP contribution is -2.39. The number of nitrogens with zero attached hydrogens (tertiary/aromatic N) is 1. The minimum Gasteiger partial charge on any atom is -0.478 e. The molecule has 0 saturated heterocycles. The molecule has 0 bridgehead atoms. The summed E-state index contributed by atoms with van der Waals surface area (Å²) in [6, 6.07) is 8.36. The molecule has 0 saturated carbocycles. The minimum atomic E-state index is -4.43. The number of amides is 1. The van der Waals surface area contributed by atoms with E-state index in [2.05, 4.69) is 5.32 Å². The molecule has 210 valence electrons. The summed E-state index contributed by atoms with van der Waals surface area (Å²) < 4.78 is 70.5. The van der Waals surface area contributed by atoms with Crippen LogP contribution >= 0.6 is 11.6 Å². The fourth-order valence-electron chi connectivity index (χ4n) is 4.51. The zero-order valence-electron chi connectivity index (χ0n) is 21.6. The lowest BCUT2D eigenvalue weighted by Gasteiger charge is -2.22. The van der Waals surface area contributed by atoms with E-state index in [0.29, 0.717) is 11.3 Å². The Morgan fingerprint density at radius 2 is 1.72 bits per heavy atom. The van der Waals surface area contributed by atoms with Crippen molar-refractivity contribution in [2.75, 3.05) is 5.32 Å². The first kappa shape index (κ1) is 30.3. The summed E-state index contributed by atoms with van der Waals surface area (Å²) in [6.45, 7) is 2.35. The number of allylic oxidation sites excluding steroid dienone is 4. The number of carbonyl (C=O) groups is 2. The van der Waals surface area contributed by atoms with Crippen LogP contribution in [0.2, 0.25) is 0 Å². The van der Waals surface area contributed by atoms with Crippen molar-refractivity contribution in [2.45, 2.75) is 57.8 Å². The third-order valence-corrected chi connectivity index (χ3v) is 7.21. The van der Waals surface area contributed by atoms with Gasteiger partial charge in [0, 0.05) is 22.9 Å². The van der Waals surface area contributed by atoms with Gasteiger partial charge in [-0.1, -0.05) is 18.5 Å². The summed E-state index contributed by atoms with van der Waals surface area (Å²) in [5, 5.41) is 11.7. The summed E-state index contributed by atoms with van der Waals surface area (Å²) in [5.41, 5.74) is 1.24. The molecule has 3 unspecified atom stereocenters. The lowest BCUT2D eigenvalue weighted by atomic mass is 9.88. The van der Waals surface area contributed by atoms with Crippen molar-refractivity contribution in [2.24, 2.45) is 13.0 Å². The Labute approximate surface area is 228 Å². The van der Waals surface area contributed by atoms with Crippen LogP contribution in [0.1, 0.15) is 67.1 Å². The van der Waals surface area contributed by atoms with E-state index in [1.807, 2.05) is 0 Å². The number of anilines is 1. The number of hydrogen-bond acceptors (Lipinski definition) is 2. The first-order valence-electron chi connectivity index (χ1n) is 12.3. The third kappa shape index (κ3) is 7.23. The topological polar surface area (TPSA) is 70.3 Å². The maximum Gasteiger partial charge on any atom is 0.391 e. The number of aryl methyl sites for hydroxylation is 1. The second-order valence-corrected chi connectivity index (χ2v) is 10.1. The van der Waals surface area contributed by atoms with Crippen LogP contribution < -0.4 is 9.88 Å². The van der Waals surface area contributed by atoms with Crippen LogP contribution in [0.4, 0.5) is 27.6 Å². The summed E-state index contributed by atoms with van der Waals surface area (Å²) in [7, 11) is 1.57. The highest BCUT2D eigenvalue weighted by Crippen LogP contribution is 2.41. The molecule has 1 aliphatic carbocycles. The van der Waals surface area contributed by atoms with Gasteiger partial charge in [0.1, 0.15) is 25.0 Å². The second kappa shape index (κ2) is 12.3. The molecule has 0 radical (unpaired) electrons. The molecule has 2 aromatic rings. The fourth-order valence-corrected chi connectivity index (χ4v) is 4.70. The Kier molecular flexibility index (Phi) is 9.53. The normalized spacial score (nSPS) is 16.6. The summed E-state index contributed by atoms with van der Waals surface area (Å²) in [6.07, 6.45) is -4.42. The fraction of sp³-hybridized carbons (Fsp3) is 0.393. The predicted molar refractivity (Wildman–Crippen MR) is 138 cm³/mol. The van der Waals surface area contributed by atoms with Gasteiger partial charge in [-0.25, -0.2) is 18.1 Å². The number of halogens is 6. The van der Waals surface area contributed by atoms with Crippen LogP contribution in [0.15, 0.2) is 59.0 Å². The van der Waals surface area contributed by atoms with E-state index in [-0.39, 0.29) is 53.1 Å². The van der Waals surface area contributed by atoms with E-state index in [1.165, 1.54) is 54.1 Å². The van der Waals surface area contributed by atoms with Gasteiger partial charge in [0.05, 0.1) is 16.5 Å². The minimum absolute atomic E-state index is 0.00547. The second-order valence-electron chi connectivity index (χ2n) is 9.63. The van der Waals surface area contributed by atoms with Gasteiger partial charge in [-0.05, 0) is 68.5 Å². The van der Waals surface area contributed by atoms with E-state index in [9.17, 15) is 27.2 Å². The highest BCUT2D eigenvalue weighted by molar-refractivity contribution is 6.31. The molecule has 39 heavy (non-hydrogen) atoms. The monoisotopic (exact) mass is 571 g/mol. The molecule has 1 heterocycles. The van der Waals surface area contributed by atoms with Crippen molar-refractivity contribution >= 4 is 34.7 Å². The van der Waals surface area contributed by atoms with Gasteiger partial charge in [0.15, 0.2) is 11.9 Å². The number of benzene rings is 1. The molecule has 11 heteroatoms. The van der Waals surface area contributed by atoms with Gasteiger partial charge < -0.3 is 10.4 Å². The Bertz CT molecular complexity index is 1300. The number of pyridine rings is 1. The largest absolute Gasteiger partial charge is 0.478 e. The molecule has 1 aromatic carbocycles. The maximum absolute atomic E-state index is 15.0. The van der Waals surface area contributed by atoms with Crippen LogP contribution in [0, 0.1) is 5.92 Å². The number of alkyl halides is 4. The van der Waals surface area contributed by atoms with Gasteiger partial charge in [-0.3, -0.25) is 4.79 Å². The van der Waals surface area contributed by atoms with Gasteiger partial charge >= 0.3 is 12.1 Å². The van der Waals surface area contributed by atoms with Crippen molar-refractivity contribution in [3.05, 3.63) is 75.8 Å². The van der Waals surface area contributed by atoms with Crippen LogP contribution in [0.25, 0.3) is 5.57 Å². The zero-order chi connectivity index (χ0) is 29.1. The molecule has 1 aliphatic rings. The third-order valence-electron chi connectivity index (χ3n) is 6.86. The Morgan fingerprint density at radius 3 is 2.26 bits per heavy atom. The molecular weight excluding hydrogens is 543 g/mol. The molecule has 0 aliphatic heterocycles. The maximum atomic E-state index is 15.0. The number of hydrogen-bond donors (Lipinski definition) is 2. The van der Waals surface area contributed by atoms with E-state index in [0.717, 1.165) is 6.92 Å². The molecular formula is C28H29ClF5N2O3+. The highest BCUT2D eigenvalue weighted by Gasteiger charge is 2.38. The predicted octanol–water partition coefficient (Wildman–Crippen LogP) is 7.24. The van der Waals surface area contributed by atoms with Crippen LogP contribution in [-0.2, 0) is 11.8 Å². The Balaban J connectivity index is 1.98. The molecule has 1 aromatic heterocycles. The molecule has 2 N–H and O–H groups in total. The molecule has 1 amide bonds. The number of aromatic carboxylic acids is 1. The van der Waals surface area contributed by atoms with Gasteiger partial charge in [0.25, 0.3) is 0 Å². The van der Waals surface area contributed by atoms with Crippen molar-refractivity contribution in [1.29, 1.82) is 0 Å². The number of carbonyl (C=O) groups excluding carboxylic acids is 1. The molecule has 0 spiro atoms. The smallest absolute Gasteiger partial charge is 0.391 e. The highest BCUT2D eigenvalue weighted by atomic mass is 35.5. The summed E-state index contributed by atoms with van der Waals surface area (Å²) >= 11 is 6.02. The quantitative estimate of drug-likeness (QED) is 0.246. The average Bonchev–Trinajstić information content (AvgIpc) is 2.85. The molecule has 3 atom stereocenters. The first-order valence-corrected chi connectivity index (χ1v) is 12.7. The molecule has 5 nitrogen and oxygen atoms in total. The van der Waals surface area contributed by atoms with Crippen molar-refractivity contribution in [1.82, 2.24) is 0 Å². The summed E-state index contributed by atoms with van der Waals surface area (Å²) in [5.74, 6) is -5.16. The van der Waals surface area contributed by atoms with E-state index in [4.69, 9.17) is 16.7 Å². The van der Waals surface area contributed by atoms with Crippen molar-refractivity contribution < 1.29 is 41.2 Å². The van der Waals surface area contributed by atoms with Gasteiger partial charge in [-0.15, -0.1) is 0 Å². The van der Waals surface area contributed by atoms with E-state index in [1.54, 1.807) is 7.05 Å². The number of aromatic nitrogens is 1. The summed E-state index contributed by atoms with van der Waals surface area (Å²) in [4.78, 5) is 24.4. The lowest BCUT2D eigenvalue weighted by molar-refractivity contribution is -0.680. The zero-order valence-corrected chi connectivity index (χ0v) is 22.3. The molecule has 0 fully saturated rings. The SMILES string of the molecule is CC(F)C1=C(c2ccc(C(CCC(C)C(F)(F)F)C(=O)Nc3ccc(C(=O)O)cc3)[n+](C)c2)C(F)=C(Cl)CC1. The van der Waals surface area contributed by atoms with Gasteiger partial charge in [0.2, 0.25) is 5.91 Å². The number of rotatable bonds is 9. The molecule has 3 rings (SSSR count). The van der Waals surface area contributed by atoms with Crippen LogP contribution in [0.3, 0.4) is 0 Å². The van der Waals surface area contributed by atoms with Crippen LogP contribution in [-0.4, -0.2) is 29.3 Å². The van der Waals surface area contributed by atoms with E-state index < -0.39 is 41.9 Å². The number of nitrogens with one attached hydrogen (secondary N) is 1. The van der Waals surface area contributed by atoms with Crippen molar-refractivity contribution in [3.63, 3.8) is 0 Å². The van der Waals surface area contributed by atoms with Gasteiger partial charge in [-0.2, -0.15) is 13.2 Å². The average molecular weight is 572 g/mol. The number of carboxylic acids is 1. The Morgan fingerprint density at radius 1 is 1.08 bits per heavy atom. The standard InChI is InChI=1S/C28H28ClF5N2O3/c1-15(28(32,33)34)4-10-21(26(37)35-19-8-5-17(6-9-19)27(38)39)23-13-7-18(14-36(23)3)24-20(16(2)30)11-12-22(29)25(24)31/h5-9,13-16,21H,4,10-12H2,1-3H3,(H-,35,37,38,39)/p+1.